The van der Waals surface area contributed by atoms with Crippen LogP contribution in [0.1, 0.15) is 35.7 Å². The van der Waals surface area contributed by atoms with E-state index < -0.39 is 6.10 Å². The highest BCUT2D eigenvalue weighted by Gasteiger charge is 2.32. The molecule has 3 N–H and O–H groups in total. The molecule has 3 unspecified atom stereocenters. The van der Waals surface area contributed by atoms with E-state index in [-0.39, 0.29) is 18.1 Å². The lowest BCUT2D eigenvalue weighted by atomic mass is 10.1. The van der Waals surface area contributed by atoms with Crippen LogP contribution < -0.4 is 10.6 Å². The second-order valence-electron chi connectivity index (χ2n) is 5.70. The third-order valence-corrected chi connectivity index (χ3v) is 4.14. The Morgan fingerprint density at radius 3 is 2.59 bits per heavy atom. The minimum Gasteiger partial charge on any atom is -0.390 e. The van der Waals surface area contributed by atoms with Gasteiger partial charge < -0.3 is 15.7 Å². The van der Waals surface area contributed by atoms with Crippen LogP contribution in [0.4, 0.5) is 4.79 Å². The van der Waals surface area contributed by atoms with E-state index in [1.54, 1.807) is 0 Å². The molecule has 2 amide bonds. The van der Waals surface area contributed by atoms with Gasteiger partial charge in [-0.05, 0) is 23.6 Å². The van der Waals surface area contributed by atoms with Crippen LogP contribution in [0.15, 0.2) is 54.6 Å². The quantitative estimate of drug-likeness (QED) is 0.815. The van der Waals surface area contributed by atoms with E-state index in [0.717, 1.165) is 16.7 Å². The number of hydrogen-bond donors (Lipinski definition) is 3. The van der Waals surface area contributed by atoms with Gasteiger partial charge in [-0.3, -0.25) is 0 Å². The Hall–Kier alpha value is -2.33. The molecule has 4 heteroatoms. The van der Waals surface area contributed by atoms with Crippen molar-refractivity contribution in [3.8, 4) is 0 Å². The fourth-order valence-corrected chi connectivity index (χ4v) is 2.95. The van der Waals surface area contributed by atoms with Crippen molar-refractivity contribution >= 4 is 6.03 Å². The van der Waals surface area contributed by atoms with Crippen LogP contribution in [0, 0.1) is 0 Å². The molecule has 1 aliphatic rings. The molecule has 4 nitrogen and oxygen atoms in total. The normalized spacial score (nSPS) is 21.0. The number of carbonyl (C=O) groups excluding carboxylic acids is 1. The number of amides is 2. The van der Waals surface area contributed by atoms with E-state index in [9.17, 15) is 9.90 Å². The van der Waals surface area contributed by atoms with Gasteiger partial charge in [-0.1, -0.05) is 54.6 Å². The monoisotopic (exact) mass is 296 g/mol. The molecule has 0 saturated carbocycles. The number of carbonyl (C=O) groups is 1. The Morgan fingerprint density at radius 2 is 1.82 bits per heavy atom. The first-order valence-electron chi connectivity index (χ1n) is 7.53. The zero-order chi connectivity index (χ0) is 15.5. The summed E-state index contributed by atoms with van der Waals surface area (Å²) in [6, 6.07) is 16.9. The molecule has 0 aliphatic heterocycles. The molecule has 0 saturated heterocycles. The SMILES string of the molecule is CC(NC(=O)NC1c2ccccc2CC1O)c1ccccc1. The molecule has 0 heterocycles. The van der Waals surface area contributed by atoms with Gasteiger partial charge in [0.25, 0.3) is 0 Å². The smallest absolute Gasteiger partial charge is 0.315 e. The molecule has 0 radical (unpaired) electrons. The van der Waals surface area contributed by atoms with E-state index in [4.69, 9.17) is 0 Å². The fraction of sp³-hybridized carbons (Fsp3) is 0.278. The van der Waals surface area contributed by atoms with E-state index in [0.29, 0.717) is 6.42 Å². The van der Waals surface area contributed by atoms with Crippen LogP contribution in [0.2, 0.25) is 0 Å². The molecule has 0 aromatic heterocycles. The summed E-state index contributed by atoms with van der Waals surface area (Å²) in [6.45, 7) is 1.94. The lowest BCUT2D eigenvalue weighted by molar-refractivity contribution is 0.142. The summed E-state index contributed by atoms with van der Waals surface area (Å²) in [5, 5.41) is 16.0. The molecule has 0 spiro atoms. The summed E-state index contributed by atoms with van der Waals surface area (Å²) < 4.78 is 0. The van der Waals surface area contributed by atoms with E-state index in [2.05, 4.69) is 10.6 Å². The van der Waals surface area contributed by atoms with Crippen molar-refractivity contribution in [1.29, 1.82) is 0 Å². The second kappa shape index (κ2) is 6.20. The molecule has 2 aromatic carbocycles. The number of urea groups is 1. The van der Waals surface area contributed by atoms with Crippen molar-refractivity contribution in [2.45, 2.75) is 31.5 Å². The van der Waals surface area contributed by atoms with Crippen LogP contribution in [-0.4, -0.2) is 17.2 Å². The van der Waals surface area contributed by atoms with Gasteiger partial charge in [0.15, 0.2) is 0 Å². The maximum absolute atomic E-state index is 12.2. The molecule has 0 bridgehead atoms. The Bertz CT molecular complexity index is 657. The highest BCUT2D eigenvalue weighted by atomic mass is 16.3. The number of fused-ring (bicyclic) bond motifs is 1. The predicted octanol–water partition coefficient (Wildman–Crippen LogP) is 2.71. The molecule has 3 rings (SSSR count). The number of aliphatic hydroxyl groups excluding tert-OH is 1. The van der Waals surface area contributed by atoms with Crippen LogP contribution in [0.25, 0.3) is 0 Å². The Kier molecular flexibility index (Phi) is 4.11. The van der Waals surface area contributed by atoms with Crippen LogP contribution in [0.5, 0.6) is 0 Å². The predicted molar refractivity (Wildman–Crippen MR) is 85.4 cm³/mol. The largest absolute Gasteiger partial charge is 0.390 e. The Labute approximate surface area is 130 Å². The molecule has 1 aliphatic carbocycles. The van der Waals surface area contributed by atoms with Gasteiger partial charge >= 0.3 is 6.03 Å². The van der Waals surface area contributed by atoms with Crippen molar-refractivity contribution in [3.63, 3.8) is 0 Å². The van der Waals surface area contributed by atoms with Crippen molar-refractivity contribution in [2.75, 3.05) is 0 Å². The maximum atomic E-state index is 12.2. The third kappa shape index (κ3) is 2.97. The average Bonchev–Trinajstić information content (AvgIpc) is 2.84. The van der Waals surface area contributed by atoms with Crippen molar-refractivity contribution in [3.05, 3.63) is 71.3 Å². The molecule has 3 atom stereocenters. The maximum Gasteiger partial charge on any atom is 0.315 e. The number of nitrogens with one attached hydrogen (secondary N) is 2. The van der Waals surface area contributed by atoms with Gasteiger partial charge in [0.05, 0.1) is 18.2 Å². The number of aliphatic hydroxyl groups is 1. The van der Waals surface area contributed by atoms with Gasteiger partial charge in [0.2, 0.25) is 0 Å². The summed E-state index contributed by atoms with van der Waals surface area (Å²) in [5.41, 5.74) is 3.14. The molecular weight excluding hydrogens is 276 g/mol. The van der Waals surface area contributed by atoms with E-state index in [1.165, 1.54) is 0 Å². The van der Waals surface area contributed by atoms with E-state index in [1.807, 2.05) is 61.5 Å². The second-order valence-corrected chi connectivity index (χ2v) is 5.70. The standard InChI is InChI=1S/C18H20N2O2/c1-12(13-7-3-2-4-8-13)19-18(22)20-17-15-10-6-5-9-14(15)11-16(17)21/h2-10,12,16-17,21H,11H2,1H3,(H2,19,20,22). The molecule has 22 heavy (non-hydrogen) atoms. The van der Waals surface area contributed by atoms with Crippen LogP contribution in [-0.2, 0) is 6.42 Å². The Morgan fingerprint density at radius 1 is 1.14 bits per heavy atom. The number of hydrogen-bond acceptors (Lipinski definition) is 2. The highest BCUT2D eigenvalue weighted by Crippen LogP contribution is 2.31. The van der Waals surface area contributed by atoms with Crippen molar-refractivity contribution in [1.82, 2.24) is 10.6 Å². The van der Waals surface area contributed by atoms with Gasteiger partial charge in [0, 0.05) is 6.42 Å². The lowest BCUT2D eigenvalue weighted by Gasteiger charge is -2.21. The minimum absolute atomic E-state index is 0.0880. The molecular formula is C18H20N2O2. The fourth-order valence-electron chi connectivity index (χ4n) is 2.95. The first kappa shape index (κ1) is 14.6. The first-order chi connectivity index (χ1) is 10.6. The minimum atomic E-state index is -0.574. The van der Waals surface area contributed by atoms with Crippen LogP contribution in [0.3, 0.4) is 0 Å². The van der Waals surface area contributed by atoms with Gasteiger partial charge in [-0.2, -0.15) is 0 Å². The molecule has 0 fully saturated rings. The summed E-state index contributed by atoms with van der Waals surface area (Å²) in [5.74, 6) is 0. The zero-order valence-corrected chi connectivity index (χ0v) is 12.5. The number of benzene rings is 2. The van der Waals surface area contributed by atoms with E-state index >= 15 is 0 Å². The number of rotatable bonds is 3. The lowest BCUT2D eigenvalue weighted by Crippen LogP contribution is -2.41. The third-order valence-electron chi connectivity index (χ3n) is 4.14. The Balaban J connectivity index is 1.65. The van der Waals surface area contributed by atoms with Gasteiger partial charge in [0.1, 0.15) is 0 Å². The van der Waals surface area contributed by atoms with Crippen LogP contribution >= 0.6 is 0 Å². The average molecular weight is 296 g/mol. The zero-order valence-electron chi connectivity index (χ0n) is 12.5. The summed E-state index contributed by atoms with van der Waals surface area (Å²) in [7, 11) is 0. The topological polar surface area (TPSA) is 61.4 Å². The summed E-state index contributed by atoms with van der Waals surface area (Å²) >= 11 is 0. The summed E-state index contributed by atoms with van der Waals surface area (Å²) in [4.78, 5) is 12.2. The van der Waals surface area contributed by atoms with Crippen molar-refractivity contribution < 1.29 is 9.90 Å². The first-order valence-corrected chi connectivity index (χ1v) is 7.53. The molecule has 2 aromatic rings. The van der Waals surface area contributed by atoms with Gasteiger partial charge in [-0.15, -0.1) is 0 Å². The van der Waals surface area contributed by atoms with Gasteiger partial charge in [-0.25, -0.2) is 4.79 Å². The highest BCUT2D eigenvalue weighted by molar-refractivity contribution is 5.75. The summed E-state index contributed by atoms with van der Waals surface area (Å²) in [6.07, 6.45) is 0.00482. The van der Waals surface area contributed by atoms with Crippen molar-refractivity contribution in [2.24, 2.45) is 0 Å². The molecule has 114 valence electrons.